The Bertz CT molecular complexity index is 341. The molecule has 0 radical (unpaired) electrons. The zero-order chi connectivity index (χ0) is 11.7. The van der Waals surface area contributed by atoms with Crippen LogP contribution >= 0.6 is 0 Å². The number of nitrogens with one attached hydrogen (secondary N) is 1. The van der Waals surface area contributed by atoms with Crippen LogP contribution in [0, 0.1) is 0 Å². The van der Waals surface area contributed by atoms with Crippen molar-refractivity contribution in [2.45, 2.75) is 57.3 Å². The molecule has 2 aliphatic rings. The maximum atomic E-state index is 5.11. The summed E-state index contributed by atoms with van der Waals surface area (Å²) in [6, 6.07) is 2.14. The van der Waals surface area contributed by atoms with Crippen molar-refractivity contribution in [3.8, 4) is 0 Å². The summed E-state index contributed by atoms with van der Waals surface area (Å²) in [6.07, 6.45) is 6.70. The molecule has 1 aromatic heterocycles. The lowest BCUT2D eigenvalue weighted by Crippen LogP contribution is -2.47. The lowest BCUT2D eigenvalue weighted by Gasteiger charge is -2.36. The van der Waals surface area contributed by atoms with E-state index in [1.807, 2.05) is 0 Å². The maximum absolute atomic E-state index is 5.11. The molecule has 2 fully saturated rings. The van der Waals surface area contributed by atoms with Crippen molar-refractivity contribution < 1.29 is 4.52 Å². The lowest BCUT2D eigenvalue weighted by molar-refractivity contribution is 0.126. The Kier molecular flexibility index (Phi) is 3.11. The molecule has 2 saturated heterocycles. The van der Waals surface area contributed by atoms with Gasteiger partial charge in [0, 0.05) is 18.1 Å². The Morgan fingerprint density at radius 2 is 2.18 bits per heavy atom. The summed E-state index contributed by atoms with van der Waals surface area (Å²) in [5.74, 6) is 0.734. The molecule has 5 nitrogen and oxygen atoms in total. The quantitative estimate of drug-likeness (QED) is 0.850. The average Bonchev–Trinajstić information content (AvgIpc) is 2.96. The second kappa shape index (κ2) is 4.74. The zero-order valence-electron chi connectivity index (χ0n) is 10.3. The average molecular weight is 236 g/mol. The van der Waals surface area contributed by atoms with Crippen LogP contribution in [0.2, 0.25) is 0 Å². The molecule has 17 heavy (non-hydrogen) atoms. The summed E-state index contributed by atoms with van der Waals surface area (Å²) >= 11 is 0. The van der Waals surface area contributed by atoms with Crippen molar-refractivity contribution in [2.75, 3.05) is 6.54 Å². The summed E-state index contributed by atoms with van der Waals surface area (Å²) < 4.78 is 5.11. The third kappa shape index (κ3) is 2.35. The predicted octanol–water partition coefficient (Wildman–Crippen LogP) is 1.17. The maximum Gasteiger partial charge on any atom is 0.240 e. The molecule has 2 unspecified atom stereocenters. The number of hydrogen-bond donors (Lipinski definition) is 1. The monoisotopic (exact) mass is 236 g/mol. The topological polar surface area (TPSA) is 54.2 Å². The normalized spacial score (nSPS) is 32.2. The molecular formula is C12H20N4O. The van der Waals surface area contributed by atoms with Gasteiger partial charge in [0.05, 0.1) is 6.54 Å². The van der Waals surface area contributed by atoms with Gasteiger partial charge in [-0.25, -0.2) is 0 Å². The Balaban J connectivity index is 1.64. The fourth-order valence-electron chi connectivity index (χ4n) is 3.26. The van der Waals surface area contributed by atoms with Gasteiger partial charge in [0.2, 0.25) is 5.89 Å². The number of nitrogens with zero attached hydrogens (tertiary/aromatic N) is 3. The molecule has 3 rings (SSSR count). The second-order valence-corrected chi connectivity index (χ2v) is 5.16. The van der Waals surface area contributed by atoms with Crippen LogP contribution in [0.4, 0.5) is 0 Å². The highest BCUT2D eigenvalue weighted by Crippen LogP contribution is 2.30. The van der Waals surface area contributed by atoms with E-state index in [9.17, 15) is 0 Å². The van der Waals surface area contributed by atoms with Crippen LogP contribution in [-0.4, -0.2) is 39.7 Å². The van der Waals surface area contributed by atoms with E-state index < -0.39 is 0 Å². The lowest BCUT2D eigenvalue weighted by atomic mass is 9.98. The number of aromatic nitrogens is 2. The summed E-state index contributed by atoms with van der Waals surface area (Å²) in [5, 5.41) is 7.35. The third-order valence-corrected chi connectivity index (χ3v) is 4.12. The number of hydrogen-bond acceptors (Lipinski definition) is 5. The Morgan fingerprint density at radius 3 is 2.76 bits per heavy atom. The van der Waals surface area contributed by atoms with E-state index in [-0.39, 0.29) is 0 Å². The highest BCUT2D eigenvalue weighted by atomic mass is 16.5. The van der Waals surface area contributed by atoms with Gasteiger partial charge in [0.25, 0.3) is 0 Å². The molecule has 0 spiro atoms. The molecule has 94 valence electrons. The van der Waals surface area contributed by atoms with E-state index in [0.717, 1.165) is 31.1 Å². The second-order valence-electron chi connectivity index (χ2n) is 5.16. The van der Waals surface area contributed by atoms with Crippen LogP contribution in [0.5, 0.6) is 0 Å². The molecule has 0 saturated carbocycles. The molecule has 1 aromatic rings. The van der Waals surface area contributed by atoms with Gasteiger partial charge in [-0.1, -0.05) is 12.1 Å². The van der Waals surface area contributed by atoms with Crippen molar-refractivity contribution in [3.05, 3.63) is 12.2 Å². The molecule has 0 amide bonds. The smallest absolute Gasteiger partial charge is 0.240 e. The molecule has 1 N–H and O–H groups in total. The number of rotatable bonds is 4. The van der Waals surface area contributed by atoms with E-state index in [2.05, 4.69) is 27.3 Å². The Labute approximate surface area is 102 Å². The minimum absolute atomic E-state index is 0.672. The standard InChI is InChI=1S/C12H20N4O/c1-2-16(7-12-13-8-14-17-12)11-5-9-3-4-10(6-11)15-9/h8-11,15H,2-7H2,1H3. The molecule has 2 bridgehead atoms. The van der Waals surface area contributed by atoms with Gasteiger partial charge in [-0.15, -0.1) is 0 Å². The first-order valence-electron chi connectivity index (χ1n) is 6.60. The first-order chi connectivity index (χ1) is 8.35. The van der Waals surface area contributed by atoms with Crippen molar-refractivity contribution in [3.63, 3.8) is 0 Å². The van der Waals surface area contributed by atoms with Crippen molar-refractivity contribution in [1.29, 1.82) is 0 Å². The summed E-state index contributed by atoms with van der Waals surface area (Å²) in [5.41, 5.74) is 0. The van der Waals surface area contributed by atoms with Gasteiger partial charge >= 0.3 is 0 Å². The van der Waals surface area contributed by atoms with Crippen LogP contribution in [0.3, 0.4) is 0 Å². The van der Waals surface area contributed by atoms with Gasteiger partial charge < -0.3 is 9.84 Å². The fraction of sp³-hybridized carbons (Fsp3) is 0.833. The molecule has 3 heterocycles. The third-order valence-electron chi connectivity index (χ3n) is 4.12. The summed E-state index contributed by atoms with van der Waals surface area (Å²) in [4.78, 5) is 6.59. The van der Waals surface area contributed by atoms with E-state index in [4.69, 9.17) is 4.52 Å². The van der Waals surface area contributed by atoms with Crippen LogP contribution in [-0.2, 0) is 6.54 Å². The number of piperidine rings is 1. The highest BCUT2D eigenvalue weighted by molar-refractivity contribution is 4.96. The van der Waals surface area contributed by atoms with E-state index >= 15 is 0 Å². The van der Waals surface area contributed by atoms with Crippen molar-refractivity contribution in [2.24, 2.45) is 0 Å². The largest absolute Gasteiger partial charge is 0.338 e. The van der Waals surface area contributed by atoms with Crippen molar-refractivity contribution in [1.82, 2.24) is 20.4 Å². The van der Waals surface area contributed by atoms with Gasteiger partial charge in [0.15, 0.2) is 6.33 Å². The van der Waals surface area contributed by atoms with E-state index in [1.54, 1.807) is 0 Å². The zero-order valence-corrected chi connectivity index (χ0v) is 10.3. The van der Waals surface area contributed by atoms with E-state index in [1.165, 1.54) is 32.0 Å². The first-order valence-corrected chi connectivity index (χ1v) is 6.60. The predicted molar refractivity (Wildman–Crippen MR) is 63.3 cm³/mol. The minimum Gasteiger partial charge on any atom is -0.338 e. The van der Waals surface area contributed by atoms with E-state index in [0.29, 0.717) is 6.04 Å². The minimum atomic E-state index is 0.672. The molecule has 2 atom stereocenters. The highest BCUT2D eigenvalue weighted by Gasteiger charge is 2.35. The molecule has 2 aliphatic heterocycles. The molecule has 0 aliphatic carbocycles. The molecule has 5 heteroatoms. The SMILES string of the molecule is CCN(Cc1ncno1)C1CC2CCC(C1)N2. The van der Waals surface area contributed by atoms with Gasteiger partial charge in [-0.2, -0.15) is 4.98 Å². The van der Waals surface area contributed by atoms with Crippen LogP contribution in [0.15, 0.2) is 10.9 Å². The molecular weight excluding hydrogens is 216 g/mol. The Morgan fingerprint density at radius 1 is 1.41 bits per heavy atom. The fourth-order valence-corrected chi connectivity index (χ4v) is 3.26. The van der Waals surface area contributed by atoms with Crippen molar-refractivity contribution >= 4 is 0 Å². The first kappa shape index (κ1) is 11.2. The summed E-state index contributed by atoms with van der Waals surface area (Å²) in [7, 11) is 0. The Hall–Kier alpha value is -0.940. The molecule has 0 aromatic carbocycles. The number of fused-ring (bicyclic) bond motifs is 2. The van der Waals surface area contributed by atoms with Gasteiger partial charge in [-0.3, -0.25) is 4.90 Å². The van der Waals surface area contributed by atoms with Crippen LogP contribution < -0.4 is 5.32 Å². The van der Waals surface area contributed by atoms with Crippen LogP contribution in [0.25, 0.3) is 0 Å². The van der Waals surface area contributed by atoms with Gasteiger partial charge in [-0.05, 0) is 32.2 Å². The summed E-state index contributed by atoms with van der Waals surface area (Å²) in [6.45, 7) is 4.05. The van der Waals surface area contributed by atoms with Crippen LogP contribution in [0.1, 0.15) is 38.5 Å². The van der Waals surface area contributed by atoms with Gasteiger partial charge in [0.1, 0.15) is 0 Å².